The second-order valence-corrected chi connectivity index (χ2v) is 7.20. The number of methoxy groups -OCH3 is 1. The van der Waals surface area contributed by atoms with Gasteiger partial charge in [0, 0.05) is 18.2 Å². The lowest BCUT2D eigenvalue weighted by molar-refractivity contribution is 0.0940. The van der Waals surface area contributed by atoms with Crippen LogP contribution in [0, 0.1) is 6.92 Å². The highest BCUT2D eigenvalue weighted by Gasteiger charge is 2.24. The van der Waals surface area contributed by atoms with E-state index in [0.29, 0.717) is 34.4 Å². The molecule has 8 heteroatoms. The number of aromatic hydroxyl groups is 1. The van der Waals surface area contributed by atoms with Crippen LogP contribution in [-0.2, 0) is 26.4 Å². The summed E-state index contributed by atoms with van der Waals surface area (Å²) in [6.07, 6.45) is 4.02. The number of nitrogens with zero attached hydrogens (tertiary/aromatic N) is 3. The highest BCUT2D eigenvalue weighted by atomic mass is 16.5. The lowest BCUT2D eigenvalue weighted by Crippen LogP contribution is -2.27. The molecule has 0 saturated carbocycles. The van der Waals surface area contributed by atoms with Gasteiger partial charge in [0.2, 0.25) is 5.89 Å². The molecule has 0 fully saturated rings. The van der Waals surface area contributed by atoms with Crippen molar-refractivity contribution in [3.8, 4) is 23.0 Å². The molecule has 0 saturated heterocycles. The Balaban J connectivity index is 1.51. The van der Waals surface area contributed by atoms with Crippen LogP contribution < -0.4 is 10.1 Å². The molecule has 3 aromatic rings. The van der Waals surface area contributed by atoms with E-state index in [-0.39, 0.29) is 18.2 Å². The molecular weight excluding hydrogens is 372 g/mol. The van der Waals surface area contributed by atoms with E-state index in [0.717, 1.165) is 36.9 Å². The molecule has 8 nitrogen and oxygen atoms in total. The van der Waals surface area contributed by atoms with Crippen LogP contribution in [0.15, 0.2) is 22.6 Å². The number of carbonyl (C=O) groups excluding carboxylic acids is 1. The maximum Gasteiger partial charge on any atom is 0.270 e. The summed E-state index contributed by atoms with van der Waals surface area (Å²) in [6.45, 7) is 2.05. The van der Waals surface area contributed by atoms with Crippen molar-refractivity contribution in [2.75, 3.05) is 7.11 Å². The van der Waals surface area contributed by atoms with Gasteiger partial charge < -0.3 is 19.6 Å². The van der Waals surface area contributed by atoms with Crippen molar-refractivity contribution in [1.82, 2.24) is 20.1 Å². The molecule has 29 heavy (non-hydrogen) atoms. The molecule has 152 valence electrons. The van der Waals surface area contributed by atoms with Crippen LogP contribution in [0.4, 0.5) is 0 Å². The number of aromatic nitrogens is 3. The van der Waals surface area contributed by atoms with E-state index in [9.17, 15) is 9.90 Å². The number of aryl methyl sites for hydroxylation is 3. The fourth-order valence-electron chi connectivity index (χ4n) is 3.75. The number of hydrogen-bond donors (Lipinski definition) is 2. The quantitative estimate of drug-likeness (QED) is 0.687. The van der Waals surface area contributed by atoms with Gasteiger partial charge in [-0.3, -0.25) is 9.48 Å². The standard InChI is InChI=1S/C21H24N4O4/c1-12-16(23-21(29-12)13-8-9-18(28-3)17(26)10-13)11-22-20(27)19-14-6-4-5-7-15(14)24-25(19)2/h8-10,26H,4-7,11H2,1-3H3,(H,22,27). The normalized spacial score (nSPS) is 13.2. The predicted octanol–water partition coefficient (Wildman–Crippen LogP) is 2.91. The molecule has 2 heterocycles. The first-order valence-corrected chi connectivity index (χ1v) is 9.64. The maximum absolute atomic E-state index is 12.8. The number of fused-ring (bicyclic) bond motifs is 1. The van der Waals surface area contributed by atoms with Gasteiger partial charge in [-0.2, -0.15) is 5.10 Å². The van der Waals surface area contributed by atoms with Gasteiger partial charge in [-0.05, 0) is 50.8 Å². The number of oxazole rings is 1. The van der Waals surface area contributed by atoms with Crippen LogP contribution in [0.2, 0.25) is 0 Å². The molecule has 0 atom stereocenters. The van der Waals surface area contributed by atoms with Crippen molar-refractivity contribution < 1.29 is 19.1 Å². The zero-order valence-corrected chi connectivity index (χ0v) is 16.8. The molecule has 0 radical (unpaired) electrons. The number of phenols is 1. The van der Waals surface area contributed by atoms with Gasteiger partial charge >= 0.3 is 0 Å². The smallest absolute Gasteiger partial charge is 0.270 e. The molecular formula is C21H24N4O4. The first kappa shape index (κ1) is 19.0. The summed E-state index contributed by atoms with van der Waals surface area (Å²) in [7, 11) is 3.30. The van der Waals surface area contributed by atoms with E-state index in [2.05, 4.69) is 15.4 Å². The minimum Gasteiger partial charge on any atom is -0.504 e. The Morgan fingerprint density at radius 3 is 2.90 bits per heavy atom. The zero-order chi connectivity index (χ0) is 20.5. The van der Waals surface area contributed by atoms with Crippen LogP contribution in [0.5, 0.6) is 11.5 Å². The fraction of sp³-hybridized carbons (Fsp3) is 0.381. The van der Waals surface area contributed by atoms with Gasteiger partial charge in [-0.15, -0.1) is 0 Å². The van der Waals surface area contributed by atoms with Gasteiger partial charge in [0.1, 0.15) is 17.1 Å². The Kier molecular flexibility index (Phi) is 5.00. The third-order valence-corrected chi connectivity index (χ3v) is 5.27. The fourth-order valence-corrected chi connectivity index (χ4v) is 3.75. The zero-order valence-electron chi connectivity index (χ0n) is 16.8. The van der Waals surface area contributed by atoms with Gasteiger partial charge in [-0.1, -0.05) is 0 Å². The summed E-state index contributed by atoms with van der Waals surface area (Å²) in [5.41, 5.74) is 3.98. The number of amides is 1. The van der Waals surface area contributed by atoms with Crippen LogP contribution >= 0.6 is 0 Å². The first-order chi connectivity index (χ1) is 14.0. The number of nitrogens with one attached hydrogen (secondary N) is 1. The number of phenolic OH excluding ortho intramolecular Hbond substituents is 1. The monoisotopic (exact) mass is 396 g/mol. The lowest BCUT2D eigenvalue weighted by atomic mass is 9.95. The molecule has 4 rings (SSSR count). The lowest BCUT2D eigenvalue weighted by Gasteiger charge is -2.11. The van der Waals surface area contributed by atoms with Crippen molar-refractivity contribution in [2.45, 2.75) is 39.2 Å². The number of carbonyl (C=O) groups is 1. The highest BCUT2D eigenvalue weighted by Crippen LogP contribution is 2.31. The summed E-state index contributed by atoms with van der Waals surface area (Å²) in [6, 6.07) is 4.94. The van der Waals surface area contributed by atoms with Crippen molar-refractivity contribution >= 4 is 5.91 Å². The molecule has 0 bridgehead atoms. The van der Waals surface area contributed by atoms with Crippen molar-refractivity contribution in [3.05, 3.63) is 46.6 Å². The summed E-state index contributed by atoms with van der Waals surface area (Å²) < 4.78 is 12.5. The largest absolute Gasteiger partial charge is 0.504 e. The number of benzene rings is 1. The molecule has 0 unspecified atom stereocenters. The SMILES string of the molecule is COc1ccc(-c2nc(CNC(=O)c3c4c(nn3C)CCCC4)c(C)o2)cc1O. The third kappa shape index (κ3) is 3.57. The second-order valence-electron chi connectivity index (χ2n) is 7.20. The molecule has 1 aliphatic carbocycles. The van der Waals surface area contributed by atoms with Crippen LogP contribution in [0.1, 0.15) is 46.0 Å². The summed E-state index contributed by atoms with van der Waals surface area (Å²) >= 11 is 0. The Morgan fingerprint density at radius 2 is 2.14 bits per heavy atom. The Hall–Kier alpha value is -3.29. The van der Waals surface area contributed by atoms with Crippen LogP contribution in [0.25, 0.3) is 11.5 Å². The van der Waals surface area contributed by atoms with E-state index < -0.39 is 0 Å². The average molecular weight is 396 g/mol. The van der Waals surface area contributed by atoms with Gasteiger partial charge in [-0.25, -0.2) is 4.98 Å². The van der Waals surface area contributed by atoms with Crippen molar-refractivity contribution in [3.63, 3.8) is 0 Å². The van der Waals surface area contributed by atoms with E-state index in [1.54, 1.807) is 23.7 Å². The van der Waals surface area contributed by atoms with Gasteiger partial charge in [0.15, 0.2) is 11.5 Å². The minimum absolute atomic E-state index is 0.0108. The molecule has 1 aromatic carbocycles. The highest BCUT2D eigenvalue weighted by molar-refractivity contribution is 5.94. The third-order valence-electron chi connectivity index (χ3n) is 5.27. The van der Waals surface area contributed by atoms with Crippen molar-refractivity contribution in [1.29, 1.82) is 0 Å². The number of rotatable bonds is 5. The topological polar surface area (TPSA) is 102 Å². The molecule has 0 spiro atoms. The molecule has 0 aliphatic heterocycles. The second kappa shape index (κ2) is 7.62. The first-order valence-electron chi connectivity index (χ1n) is 9.64. The summed E-state index contributed by atoms with van der Waals surface area (Å²) in [4.78, 5) is 17.3. The van der Waals surface area contributed by atoms with E-state index in [1.807, 2.05) is 7.05 Å². The van der Waals surface area contributed by atoms with E-state index in [4.69, 9.17) is 9.15 Å². The molecule has 2 aromatic heterocycles. The summed E-state index contributed by atoms with van der Waals surface area (Å²) in [5, 5.41) is 17.4. The van der Waals surface area contributed by atoms with E-state index >= 15 is 0 Å². The van der Waals surface area contributed by atoms with Crippen LogP contribution in [0.3, 0.4) is 0 Å². The van der Waals surface area contributed by atoms with Gasteiger partial charge in [0.05, 0.1) is 19.3 Å². The Morgan fingerprint density at radius 1 is 1.34 bits per heavy atom. The minimum atomic E-state index is -0.158. The molecule has 1 aliphatic rings. The van der Waals surface area contributed by atoms with Crippen LogP contribution in [-0.4, -0.2) is 32.9 Å². The van der Waals surface area contributed by atoms with Crippen molar-refractivity contribution in [2.24, 2.45) is 7.05 Å². The summed E-state index contributed by atoms with van der Waals surface area (Å²) in [5.74, 6) is 1.22. The molecule has 1 amide bonds. The Bertz CT molecular complexity index is 1070. The number of ether oxygens (including phenoxy) is 1. The number of hydrogen-bond acceptors (Lipinski definition) is 6. The predicted molar refractivity (Wildman–Crippen MR) is 106 cm³/mol. The maximum atomic E-state index is 12.8. The molecule has 2 N–H and O–H groups in total. The van der Waals surface area contributed by atoms with Gasteiger partial charge in [0.25, 0.3) is 5.91 Å². The van der Waals surface area contributed by atoms with E-state index in [1.165, 1.54) is 13.2 Å². The Labute approximate surface area is 168 Å². The average Bonchev–Trinajstić information content (AvgIpc) is 3.25.